The van der Waals surface area contributed by atoms with E-state index in [4.69, 9.17) is 0 Å². The fourth-order valence-corrected chi connectivity index (χ4v) is 4.15. The number of rotatable bonds is 3. The zero-order valence-electron chi connectivity index (χ0n) is 13.2. The van der Waals surface area contributed by atoms with E-state index < -0.39 is 5.82 Å². The third kappa shape index (κ3) is 2.66. The molecule has 0 fully saturated rings. The third-order valence-corrected chi connectivity index (χ3v) is 5.85. The molecule has 23 heavy (non-hydrogen) atoms. The molecule has 120 valence electrons. The molecule has 3 heterocycles. The summed E-state index contributed by atoms with van der Waals surface area (Å²) in [5.41, 5.74) is 1.19. The predicted octanol–water partition coefficient (Wildman–Crippen LogP) is 3.25. The Balaban J connectivity index is 2.15. The van der Waals surface area contributed by atoms with Crippen molar-refractivity contribution in [1.29, 1.82) is 0 Å². The van der Waals surface area contributed by atoms with Crippen molar-refractivity contribution in [3.8, 4) is 0 Å². The van der Waals surface area contributed by atoms with Crippen LogP contribution in [0.4, 0.5) is 4.39 Å². The van der Waals surface area contributed by atoms with Gasteiger partial charge in [-0.15, -0.1) is 11.3 Å². The van der Waals surface area contributed by atoms with Crippen LogP contribution in [0, 0.1) is 19.7 Å². The second-order valence-electron chi connectivity index (χ2n) is 5.12. The average Bonchev–Trinajstić information content (AvgIpc) is 2.81. The van der Waals surface area contributed by atoms with Crippen LogP contribution < -0.4 is 5.56 Å². The zero-order chi connectivity index (χ0) is 16.7. The van der Waals surface area contributed by atoms with Crippen molar-refractivity contribution in [2.24, 2.45) is 7.05 Å². The summed E-state index contributed by atoms with van der Waals surface area (Å²) >= 11 is 2.52. The maximum absolute atomic E-state index is 14.3. The lowest BCUT2D eigenvalue weighted by Gasteiger charge is -2.08. The van der Waals surface area contributed by atoms with E-state index in [-0.39, 0.29) is 10.6 Å². The number of fused-ring (bicyclic) bond motifs is 1. The monoisotopic (exact) mass is 350 g/mol. The lowest BCUT2D eigenvalue weighted by Crippen LogP contribution is -2.20. The molecule has 0 aliphatic heterocycles. The molecule has 0 unspecified atom stereocenters. The summed E-state index contributed by atoms with van der Waals surface area (Å²) in [6, 6.07) is 0. The zero-order valence-corrected chi connectivity index (χ0v) is 14.8. The van der Waals surface area contributed by atoms with Crippen LogP contribution in [0.2, 0.25) is 0 Å². The van der Waals surface area contributed by atoms with Gasteiger partial charge in [-0.05, 0) is 37.6 Å². The standard InChI is InChI=1S/C15H15FN4OS2/c1-5-9-11(16)13(18-6-17-9)23-15-19-12-10(14(21)20(15)4)7(2)8(3)22-12/h6H,5H2,1-4H3. The van der Waals surface area contributed by atoms with Crippen molar-refractivity contribution in [2.75, 3.05) is 0 Å². The molecule has 0 spiro atoms. The van der Waals surface area contributed by atoms with Gasteiger partial charge in [0.15, 0.2) is 11.0 Å². The van der Waals surface area contributed by atoms with Crippen LogP contribution in [-0.2, 0) is 13.5 Å². The molecular weight excluding hydrogens is 335 g/mol. The van der Waals surface area contributed by atoms with Crippen molar-refractivity contribution in [3.63, 3.8) is 0 Å². The molecule has 0 aliphatic carbocycles. The first kappa shape index (κ1) is 16.1. The molecule has 0 amide bonds. The maximum atomic E-state index is 14.3. The minimum absolute atomic E-state index is 0.121. The summed E-state index contributed by atoms with van der Waals surface area (Å²) in [5, 5.41) is 1.24. The van der Waals surface area contributed by atoms with Crippen molar-refractivity contribution in [3.05, 3.63) is 38.6 Å². The Morgan fingerprint density at radius 2 is 2.09 bits per heavy atom. The quantitative estimate of drug-likeness (QED) is 0.536. The van der Waals surface area contributed by atoms with Gasteiger partial charge in [-0.1, -0.05) is 6.92 Å². The highest BCUT2D eigenvalue weighted by atomic mass is 32.2. The summed E-state index contributed by atoms with van der Waals surface area (Å²) in [5.74, 6) is -0.451. The summed E-state index contributed by atoms with van der Waals surface area (Å²) in [6.07, 6.45) is 1.82. The lowest BCUT2D eigenvalue weighted by atomic mass is 10.2. The first-order chi connectivity index (χ1) is 10.9. The summed E-state index contributed by atoms with van der Waals surface area (Å²) in [7, 11) is 1.64. The number of halogens is 1. The Labute approximate surface area is 140 Å². The Hall–Kier alpha value is -1.80. The second-order valence-corrected chi connectivity index (χ2v) is 7.28. The molecule has 0 radical (unpaired) electrons. The first-order valence-electron chi connectivity index (χ1n) is 7.08. The number of hydrogen-bond donors (Lipinski definition) is 0. The van der Waals surface area contributed by atoms with Gasteiger partial charge in [-0.25, -0.2) is 19.3 Å². The summed E-state index contributed by atoms with van der Waals surface area (Å²) in [4.78, 5) is 26.7. The van der Waals surface area contributed by atoms with Crippen LogP contribution in [0.1, 0.15) is 23.1 Å². The lowest BCUT2D eigenvalue weighted by molar-refractivity contribution is 0.558. The average molecular weight is 350 g/mol. The predicted molar refractivity (Wildman–Crippen MR) is 89.8 cm³/mol. The number of aryl methyl sites for hydroxylation is 3. The fourth-order valence-electron chi connectivity index (χ4n) is 2.24. The molecule has 3 aromatic heterocycles. The summed E-state index contributed by atoms with van der Waals surface area (Å²) in [6.45, 7) is 5.71. The SMILES string of the molecule is CCc1ncnc(Sc2nc3sc(C)c(C)c3c(=O)n2C)c1F. The van der Waals surface area contributed by atoms with E-state index in [0.717, 1.165) is 22.2 Å². The molecule has 0 saturated carbocycles. The molecule has 0 saturated heterocycles. The molecular formula is C15H15FN4OS2. The van der Waals surface area contributed by atoms with E-state index in [1.165, 1.54) is 22.2 Å². The van der Waals surface area contributed by atoms with Gasteiger partial charge in [0.2, 0.25) is 0 Å². The Morgan fingerprint density at radius 3 is 2.78 bits per heavy atom. The smallest absolute Gasteiger partial charge is 0.262 e. The molecule has 5 nitrogen and oxygen atoms in total. The molecule has 0 N–H and O–H groups in total. The minimum Gasteiger partial charge on any atom is -0.290 e. The Kier molecular flexibility index (Phi) is 4.20. The van der Waals surface area contributed by atoms with Crippen molar-refractivity contribution in [2.45, 2.75) is 37.4 Å². The molecule has 0 atom stereocenters. The van der Waals surface area contributed by atoms with Crippen LogP contribution in [-0.4, -0.2) is 19.5 Å². The van der Waals surface area contributed by atoms with Gasteiger partial charge < -0.3 is 0 Å². The van der Waals surface area contributed by atoms with Gasteiger partial charge in [0.05, 0.1) is 11.1 Å². The van der Waals surface area contributed by atoms with Crippen LogP contribution >= 0.6 is 23.1 Å². The second kappa shape index (κ2) is 6.01. The number of hydrogen-bond acceptors (Lipinski definition) is 6. The topological polar surface area (TPSA) is 60.7 Å². The molecule has 0 bridgehead atoms. The molecule has 0 aromatic carbocycles. The van der Waals surface area contributed by atoms with E-state index in [2.05, 4.69) is 15.0 Å². The van der Waals surface area contributed by atoms with Gasteiger partial charge in [-0.2, -0.15) is 0 Å². The maximum Gasteiger partial charge on any atom is 0.262 e. The van der Waals surface area contributed by atoms with Crippen molar-refractivity contribution in [1.82, 2.24) is 19.5 Å². The van der Waals surface area contributed by atoms with E-state index in [1.807, 2.05) is 20.8 Å². The number of aromatic nitrogens is 4. The van der Waals surface area contributed by atoms with Crippen LogP contribution in [0.3, 0.4) is 0 Å². The number of thiophene rings is 1. The largest absolute Gasteiger partial charge is 0.290 e. The first-order valence-corrected chi connectivity index (χ1v) is 8.71. The number of nitrogens with zero attached hydrogens (tertiary/aromatic N) is 4. The van der Waals surface area contributed by atoms with E-state index >= 15 is 0 Å². The van der Waals surface area contributed by atoms with Crippen molar-refractivity contribution >= 4 is 33.3 Å². The van der Waals surface area contributed by atoms with Gasteiger partial charge >= 0.3 is 0 Å². The highest BCUT2D eigenvalue weighted by Gasteiger charge is 2.18. The summed E-state index contributed by atoms with van der Waals surface area (Å²) < 4.78 is 15.8. The molecule has 0 aliphatic rings. The molecule has 3 rings (SSSR count). The fraction of sp³-hybridized carbons (Fsp3) is 0.333. The Bertz CT molecular complexity index is 964. The van der Waals surface area contributed by atoms with Gasteiger partial charge in [0.1, 0.15) is 16.2 Å². The van der Waals surface area contributed by atoms with E-state index in [9.17, 15) is 9.18 Å². The third-order valence-electron chi connectivity index (χ3n) is 3.72. The van der Waals surface area contributed by atoms with Crippen LogP contribution in [0.5, 0.6) is 0 Å². The van der Waals surface area contributed by atoms with Gasteiger partial charge in [-0.3, -0.25) is 9.36 Å². The minimum atomic E-state index is -0.451. The molecule has 8 heteroatoms. The normalized spacial score (nSPS) is 11.3. The highest BCUT2D eigenvalue weighted by Crippen LogP contribution is 2.31. The van der Waals surface area contributed by atoms with Crippen LogP contribution in [0.25, 0.3) is 10.2 Å². The van der Waals surface area contributed by atoms with E-state index in [0.29, 0.717) is 27.5 Å². The highest BCUT2D eigenvalue weighted by molar-refractivity contribution is 7.99. The van der Waals surface area contributed by atoms with Gasteiger partial charge in [0.25, 0.3) is 5.56 Å². The van der Waals surface area contributed by atoms with Crippen molar-refractivity contribution < 1.29 is 4.39 Å². The molecule has 3 aromatic rings. The van der Waals surface area contributed by atoms with Crippen LogP contribution in [0.15, 0.2) is 21.3 Å². The Morgan fingerprint density at radius 1 is 1.35 bits per heavy atom. The van der Waals surface area contributed by atoms with Gasteiger partial charge in [0, 0.05) is 11.9 Å². The van der Waals surface area contributed by atoms with E-state index in [1.54, 1.807) is 7.05 Å².